The number of ether oxygens (including phenoxy) is 4. The molecule has 1 saturated heterocycles. The SMILES string of the molecule is C[C@H](C(=O)NCc1ccc2c(c1)OCO2)N1CCN(S(=O)(=O)c2ccc3c(c2)OCCO3)CC1. The van der Waals surface area contributed by atoms with Gasteiger partial charge in [-0.15, -0.1) is 0 Å². The molecule has 0 radical (unpaired) electrons. The fourth-order valence-corrected chi connectivity index (χ4v) is 5.66. The fourth-order valence-electron chi connectivity index (χ4n) is 4.22. The van der Waals surface area contributed by atoms with Gasteiger partial charge in [0.05, 0.1) is 10.9 Å². The van der Waals surface area contributed by atoms with Gasteiger partial charge >= 0.3 is 0 Å². The molecule has 2 aromatic carbocycles. The molecule has 11 heteroatoms. The molecule has 3 aliphatic heterocycles. The Morgan fingerprint density at radius 1 is 0.912 bits per heavy atom. The number of amides is 1. The van der Waals surface area contributed by atoms with Crippen LogP contribution in [0.5, 0.6) is 23.0 Å². The van der Waals surface area contributed by atoms with Crippen molar-refractivity contribution in [3.8, 4) is 23.0 Å². The van der Waals surface area contributed by atoms with Crippen molar-refractivity contribution in [1.29, 1.82) is 0 Å². The van der Waals surface area contributed by atoms with E-state index >= 15 is 0 Å². The molecular weight excluding hydrogens is 462 g/mol. The Kier molecular flexibility index (Phi) is 6.24. The van der Waals surface area contributed by atoms with Gasteiger partial charge in [0.2, 0.25) is 22.7 Å². The van der Waals surface area contributed by atoms with Crippen molar-refractivity contribution in [2.24, 2.45) is 0 Å². The standard InChI is InChI=1S/C23H27N3O7S/c1-16(23(27)24-14-17-2-4-20-21(12-17)33-15-32-20)25-6-8-26(9-7-25)34(28,29)18-3-5-19-22(13-18)31-11-10-30-19/h2-5,12-13,16H,6-11,14-15H2,1H3,(H,24,27)/t16-/m1/s1. The number of sulfonamides is 1. The van der Waals surface area contributed by atoms with E-state index in [1.807, 2.05) is 30.0 Å². The van der Waals surface area contributed by atoms with E-state index in [-0.39, 0.29) is 23.6 Å². The first-order valence-electron chi connectivity index (χ1n) is 11.2. The number of rotatable bonds is 6. The summed E-state index contributed by atoms with van der Waals surface area (Å²) in [5.41, 5.74) is 0.917. The van der Waals surface area contributed by atoms with Gasteiger partial charge in [0, 0.05) is 38.8 Å². The highest BCUT2D eigenvalue weighted by Crippen LogP contribution is 2.34. The summed E-state index contributed by atoms with van der Waals surface area (Å²) >= 11 is 0. The number of carbonyl (C=O) groups excluding carboxylic acids is 1. The third-order valence-electron chi connectivity index (χ3n) is 6.26. The molecule has 0 saturated carbocycles. The summed E-state index contributed by atoms with van der Waals surface area (Å²) in [7, 11) is -3.67. The highest BCUT2D eigenvalue weighted by atomic mass is 32.2. The number of fused-ring (bicyclic) bond motifs is 2. The van der Waals surface area contributed by atoms with Gasteiger partial charge in [0.15, 0.2) is 23.0 Å². The van der Waals surface area contributed by atoms with E-state index in [1.165, 1.54) is 10.4 Å². The fraction of sp³-hybridized carbons (Fsp3) is 0.435. The average Bonchev–Trinajstić information content (AvgIpc) is 3.34. The Morgan fingerprint density at radius 2 is 1.56 bits per heavy atom. The van der Waals surface area contributed by atoms with Crippen molar-refractivity contribution in [1.82, 2.24) is 14.5 Å². The van der Waals surface area contributed by atoms with Crippen molar-refractivity contribution in [3.63, 3.8) is 0 Å². The van der Waals surface area contributed by atoms with Crippen LogP contribution in [0, 0.1) is 0 Å². The monoisotopic (exact) mass is 489 g/mol. The highest BCUT2D eigenvalue weighted by molar-refractivity contribution is 7.89. The van der Waals surface area contributed by atoms with Crippen LogP contribution in [0.25, 0.3) is 0 Å². The summed E-state index contributed by atoms with van der Waals surface area (Å²) in [6, 6.07) is 9.88. The van der Waals surface area contributed by atoms with E-state index in [0.717, 1.165) is 5.56 Å². The lowest BCUT2D eigenvalue weighted by atomic mass is 10.2. The number of nitrogens with zero attached hydrogens (tertiary/aromatic N) is 2. The van der Waals surface area contributed by atoms with Crippen LogP contribution in [0.2, 0.25) is 0 Å². The topological polar surface area (TPSA) is 107 Å². The number of piperazine rings is 1. The average molecular weight is 490 g/mol. The first-order valence-corrected chi connectivity index (χ1v) is 12.7. The van der Waals surface area contributed by atoms with Crippen LogP contribution in [-0.4, -0.2) is 75.8 Å². The Balaban J connectivity index is 1.15. The molecule has 3 aliphatic rings. The number of benzene rings is 2. The summed E-state index contributed by atoms with van der Waals surface area (Å²) in [6.07, 6.45) is 0. The summed E-state index contributed by atoms with van der Waals surface area (Å²) in [6.45, 7) is 4.78. The summed E-state index contributed by atoms with van der Waals surface area (Å²) in [5.74, 6) is 2.26. The van der Waals surface area contributed by atoms with E-state index in [2.05, 4.69) is 5.32 Å². The normalized spacial score (nSPS) is 19.0. The van der Waals surface area contributed by atoms with Crippen LogP contribution >= 0.6 is 0 Å². The van der Waals surface area contributed by atoms with Crippen molar-refractivity contribution in [2.45, 2.75) is 24.4 Å². The first kappa shape index (κ1) is 22.8. The predicted molar refractivity (Wildman–Crippen MR) is 122 cm³/mol. The van der Waals surface area contributed by atoms with Crippen LogP contribution in [0.15, 0.2) is 41.3 Å². The molecule has 1 N–H and O–H groups in total. The maximum Gasteiger partial charge on any atom is 0.243 e. The second-order valence-electron chi connectivity index (χ2n) is 8.33. The summed E-state index contributed by atoms with van der Waals surface area (Å²) < 4.78 is 49.4. The third kappa shape index (κ3) is 4.50. The minimum absolute atomic E-state index is 0.110. The largest absolute Gasteiger partial charge is 0.486 e. The predicted octanol–water partition coefficient (Wildman–Crippen LogP) is 1.20. The Labute approximate surface area is 198 Å². The molecule has 1 atom stereocenters. The molecule has 1 fully saturated rings. The van der Waals surface area contributed by atoms with Gasteiger partial charge in [-0.2, -0.15) is 4.31 Å². The number of carbonyl (C=O) groups is 1. The van der Waals surface area contributed by atoms with Crippen LogP contribution in [0.1, 0.15) is 12.5 Å². The van der Waals surface area contributed by atoms with Gasteiger partial charge in [-0.1, -0.05) is 6.07 Å². The Morgan fingerprint density at radius 3 is 2.35 bits per heavy atom. The van der Waals surface area contributed by atoms with E-state index in [1.54, 1.807) is 12.1 Å². The van der Waals surface area contributed by atoms with Crippen LogP contribution in [0.4, 0.5) is 0 Å². The molecule has 2 aromatic rings. The molecule has 0 spiro atoms. The molecule has 0 unspecified atom stereocenters. The van der Waals surface area contributed by atoms with Gasteiger partial charge < -0.3 is 24.3 Å². The number of nitrogens with one attached hydrogen (secondary N) is 1. The molecule has 5 rings (SSSR count). The first-order chi connectivity index (χ1) is 16.4. The molecular formula is C23H27N3O7S. The number of hydrogen-bond acceptors (Lipinski definition) is 8. The molecule has 10 nitrogen and oxygen atoms in total. The zero-order chi connectivity index (χ0) is 23.7. The molecule has 34 heavy (non-hydrogen) atoms. The van der Waals surface area contributed by atoms with Gasteiger partial charge in [-0.05, 0) is 36.8 Å². The van der Waals surface area contributed by atoms with Crippen molar-refractivity contribution in [3.05, 3.63) is 42.0 Å². The Bertz CT molecular complexity index is 1180. The molecule has 3 heterocycles. The van der Waals surface area contributed by atoms with E-state index < -0.39 is 10.0 Å². The Hall–Kier alpha value is -3.02. The van der Waals surface area contributed by atoms with Gasteiger partial charge in [-0.3, -0.25) is 9.69 Å². The second kappa shape index (κ2) is 9.32. The van der Waals surface area contributed by atoms with Crippen LogP contribution < -0.4 is 24.3 Å². The zero-order valence-electron chi connectivity index (χ0n) is 18.9. The van der Waals surface area contributed by atoms with Gasteiger partial charge in [0.25, 0.3) is 0 Å². The van der Waals surface area contributed by atoms with Crippen molar-refractivity contribution < 1.29 is 32.2 Å². The smallest absolute Gasteiger partial charge is 0.243 e. The quantitative estimate of drug-likeness (QED) is 0.645. The van der Waals surface area contributed by atoms with Crippen LogP contribution in [-0.2, 0) is 21.4 Å². The third-order valence-corrected chi connectivity index (χ3v) is 8.15. The lowest BCUT2D eigenvalue weighted by Gasteiger charge is -2.36. The summed E-state index contributed by atoms with van der Waals surface area (Å²) in [5, 5.41) is 2.95. The second-order valence-corrected chi connectivity index (χ2v) is 10.3. The molecule has 0 aromatic heterocycles. The van der Waals surface area contributed by atoms with E-state index in [9.17, 15) is 13.2 Å². The zero-order valence-corrected chi connectivity index (χ0v) is 19.7. The molecule has 0 bridgehead atoms. The van der Waals surface area contributed by atoms with Gasteiger partial charge in [0.1, 0.15) is 13.2 Å². The molecule has 0 aliphatic carbocycles. The van der Waals surface area contributed by atoms with Crippen molar-refractivity contribution >= 4 is 15.9 Å². The van der Waals surface area contributed by atoms with Crippen molar-refractivity contribution in [2.75, 3.05) is 46.2 Å². The molecule has 1 amide bonds. The van der Waals surface area contributed by atoms with E-state index in [4.69, 9.17) is 18.9 Å². The minimum atomic E-state index is -3.67. The maximum atomic E-state index is 13.1. The number of hydrogen-bond donors (Lipinski definition) is 1. The molecule has 182 valence electrons. The lowest BCUT2D eigenvalue weighted by Crippen LogP contribution is -2.54. The van der Waals surface area contributed by atoms with Crippen LogP contribution in [0.3, 0.4) is 0 Å². The summed E-state index contributed by atoms with van der Waals surface area (Å²) in [4.78, 5) is 14.9. The van der Waals surface area contributed by atoms with Gasteiger partial charge in [-0.25, -0.2) is 8.42 Å². The minimum Gasteiger partial charge on any atom is -0.486 e. The highest BCUT2D eigenvalue weighted by Gasteiger charge is 2.32. The maximum absolute atomic E-state index is 13.1. The lowest BCUT2D eigenvalue weighted by molar-refractivity contribution is -0.126. The van der Waals surface area contributed by atoms with E-state index in [0.29, 0.717) is 68.9 Å².